The van der Waals surface area contributed by atoms with Crippen LogP contribution in [0.1, 0.15) is 85.5 Å². The summed E-state index contributed by atoms with van der Waals surface area (Å²) in [6.45, 7) is 8.41. The molecule has 1 saturated carbocycles. The molecule has 0 aromatic heterocycles. The second-order valence-corrected chi connectivity index (χ2v) is 7.26. The highest BCUT2D eigenvalue weighted by atomic mass is 16.1. The summed E-state index contributed by atoms with van der Waals surface area (Å²) in [6.07, 6.45) is 11.7. The van der Waals surface area contributed by atoms with Crippen LogP contribution < -0.4 is 0 Å². The van der Waals surface area contributed by atoms with Crippen molar-refractivity contribution in [3.8, 4) is 0 Å². The Morgan fingerprint density at radius 1 is 1.00 bits per heavy atom. The standard InChI is InChI=1S/C17H32O/c1-5-6-7-8-14-9-11-15(12-10-14)13-16(18)17(2,3)4/h14-15H,5-13H2,1-4H3. The first-order valence-corrected chi connectivity index (χ1v) is 7.96. The summed E-state index contributed by atoms with van der Waals surface area (Å²) in [5.41, 5.74) is -0.141. The molecule has 18 heavy (non-hydrogen) atoms. The van der Waals surface area contributed by atoms with Crippen molar-refractivity contribution in [2.45, 2.75) is 85.5 Å². The highest BCUT2D eigenvalue weighted by molar-refractivity contribution is 5.83. The number of hydrogen-bond donors (Lipinski definition) is 0. The lowest BCUT2D eigenvalue weighted by molar-refractivity contribution is -0.127. The fourth-order valence-electron chi connectivity index (χ4n) is 2.98. The third kappa shape index (κ3) is 5.54. The van der Waals surface area contributed by atoms with Gasteiger partial charge in [0.1, 0.15) is 5.78 Å². The maximum Gasteiger partial charge on any atom is 0.138 e. The van der Waals surface area contributed by atoms with Gasteiger partial charge in [-0.05, 0) is 24.7 Å². The molecule has 106 valence electrons. The molecule has 0 saturated heterocycles. The van der Waals surface area contributed by atoms with Crippen LogP contribution in [0.5, 0.6) is 0 Å². The Morgan fingerprint density at radius 3 is 2.06 bits per heavy atom. The zero-order valence-corrected chi connectivity index (χ0v) is 12.9. The molecule has 1 fully saturated rings. The molecule has 0 spiro atoms. The normalized spacial score (nSPS) is 25.1. The van der Waals surface area contributed by atoms with Crippen molar-refractivity contribution in [2.75, 3.05) is 0 Å². The van der Waals surface area contributed by atoms with Crippen molar-refractivity contribution in [3.63, 3.8) is 0 Å². The molecule has 0 amide bonds. The number of hydrogen-bond acceptors (Lipinski definition) is 1. The third-order valence-corrected chi connectivity index (χ3v) is 4.49. The quantitative estimate of drug-likeness (QED) is 0.580. The SMILES string of the molecule is CCCCCC1CCC(CC(=O)C(C)(C)C)CC1. The van der Waals surface area contributed by atoms with Gasteiger partial charge in [0.05, 0.1) is 0 Å². The highest BCUT2D eigenvalue weighted by Crippen LogP contribution is 2.35. The Balaban J connectivity index is 2.21. The van der Waals surface area contributed by atoms with Gasteiger partial charge in [-0.2, -0.15) is 0 Å². The minimum atomic E-state index is -0.141. The Labute approximate surface area is 114 Å². The molecule has 0 radical (unpaired) electrons. The largest absolute Gasteiger partial charge is 0.299 e. The summed E-state index contributed by atoms with van der Waals surface area (Å²) >= 11 is 0. The molecule has 0 aromatic rings. The first-order valence-electron chi connectivity index (χ1n) is 7.96. The maximum absolute atomic E-state index is 12.0. The number of carbonyl (C=O) groups excluding carboxylic acids is 1. The predicted molar refractivity (Wildman–Crippen MR) is 78.7 cm³/mol. The molecular weight excluding hydrogens is 220 g/mol. The maximum atomic E-state index is 12.0. The van der Waals surface area contributed by atoms with Crippen LogP contribution in [-0.4, -0.2) is 5.78 Å². The summed E-state index contributed by atoms with van der Waals surface area (Å²) in [4.78, 5) is 12.0. The van der Waals surface area contributed by atoms with Crippen molar-refractivity contribution in [3.05, 3.63) is 0 Å². The van der Waals surface area contributed by atoms with E-state index < -0.39 is 0 Å². The summed E-state index contributed by atoms with van der Waals surface area (Å²) in [7, 11) is 0. The van der Waals surface area contributed by atoms with Crippen LogP contribution in [0.15, 0.2) is 0 Å². The van der Waals surface area contributed by atoms with Crippen LogP contribution in [0.2, 0.25) is 0 Å². The second kappa shape index (κ2) is 7.31. The number of rotatable bonds is 6. The first kappa shape index (κ1) is 15.7. The molecule has 0 atom stereocenters. The zero-order valence-electron chi connectivity index (χ0n) is 12.9. The minimum Gasteiger partial charge on any atom is -0.299 e. The average molecular weight is 252 g/mol. The van der Waals surface area contributed by atoms with E-state index in [2.05, 4.69) is 6.92 Å². The van der Waals surface area contributed by atoms with Crippen LogP contribution in [0, 0.1) is 17.3 Å². The van der Waals surface area contributed by atoms with Gasteiger partial charge in [0, 0.05) is 11.8 Å². The van der Waals surface area contributed by atoms with E-state index in [9.17, 15) is 4.79 Å². The van der Waals surface area contributed by atoms with E-state index in [0.29, 0.717) is 11.7 Å². The monoisotopic (exact) mass is 252 g/mol. The van der Waals surface area contributed by atoms with Gasteiger partial charge in [-0.15, -0.1) is 0 Å². The van der Waals surface area contributed by atoms with E-state index in [1.165, 1.54) is 51.4 Å². The number of unbranched alkanes of at least 4 members (excludes halogenated alkanes) is 2. The van der Waals surface area contributed by atoms with Crippen molar-refractivity contribution in [1.29, 1.82) is 0 Å². The van der Waals surface area contributed by atoms with E-state index in [1.807, 2.05) is 20.8 Å². The Kier molecular flexibility index (Phi) is 6.38. The van der Waals surface area contributed by atoms with E-state index >= 15 is 0 Å². The summed E-state index contributed by atoms with van der Waals surface area (Å²) < 4.78 is 0. The van der Waals surface area contributed by atoms with Gasteiger partial charge in [-0.25, -0.2) is 0 Å². The number of carbonyl (C=O) groups is 1. The molecule has 0 aromatic carbocycles. The fourth-order valence-corrected chi connectivity index (χ4v) is 2.98. The van der Waals surface area contributed by atoms with Crippen LogP contribution in [-0.2, 0) is 4.79 Å². The van der Waals surface area contributed by atoms with Crippen LogP contribution >= 0.6 is 0 Å². The van der Waals surface area contributed by atoms with Gasteiger partial charge in [-0.1, -0.05) is 66.2 Å². The lowest BCUT2D eigenvalue weighted by Gasteiger charge is -2.29. The van der Waals surface area contributed by atoms with Crippen molar-refractivity contribution in [2.24, 2.45) is 17.3 Å². The van der Waals surface area contributed by atoms with Gasteiger partial charge in [0.2, 0.25) is 0 Å². The van der Waals surface area contributed by atoms with Gasteiger partial charge in [-0.3, -0.25) is 4.79 Å². The van der Waals surface area contributed by atoms with E-state index in [4.69, 9.17) is 0 Å². The third-order valence-electron chi connectivity index (χ3n) is 4.49. The summed E-state index contributed by atoms with van der Waals surface area (Å²) in [6, 6.07) is 0. The van der Waals surface area contributed by atoms with Crippen molar-refractivity contribution >= 4 is 5.78 Å². The van der Waals surface area contributed by atoms with Gasteiger partial charge >= 0.3 is 0 Å². The highest BCUT2D eigenvalue weighted by Gasteiger charge is 2.27. The lowest BCUT2D eigenvalue weighted by Crippen LogP contribution is -2.25. The summed E-state index contributed by atoms with van der Waals surface area (Å²) in [5, 5.41) is 0. The molecule has 1 rings (SSSR count). The number of Topliss-reactive ketones (excluding diaryl/α,β-unsaturated/α-hetero) is 1. The number of ketones is 1. The average Bonchev–Trinajstić information content (AvgIpc) is 2.30. The van der Waals surface area contributed by atoms with Gasteiger partial charge in [0.25, 0.3) is 0 Å². The molecule has 1 aliphatic rings. The molecule has 0 unspecified atom stereocenters. The van der Waals surface area contributed by atoms with Gasteiger partial charge in [0.15, 0.2) is 0 Å². The first-order chi connectivity index (χ1) is 8.43. The lowest BCUT2D eigenvalue weighted by atomic mass is 9.75. The van der Waals surface area contributed by atoms with Crippen molar-refractivity contribution < 1.29 is 4.79 Å². The van der Waals surface area contributed by atoms with Crippen LogP contribution in [0.25, 0.3) is 0 Å². The Bertz CT molecular complexity index is 241. The second-order valence-electron chi connectivity index (χ2n) is 7.26. The van der Waals surface area contributed by atoms with Crippen LogP contribution in [0.4, 0.5) is 0 Å². The smallest absolute Gasteiger partial charge is 0.138 e. The van der Waals surface area contributed by atoms with Gasteiger partial charge < -0.3 is 0 Å². The topological polar surface area (TPSA) is 17.1 Å². The van der Waals surface area contributed by atoms with E-state index in [1.54, 1.807) is 0 Å². The molecule has 0 bridgehead atoms. The molecular formula is C17H32O. The molecule has 1 heteroatoms. The minimum absolute atomic E-state index is 0.141. The molecule has 0 aliphatic heterocycles. The molecule has 0 N–H and O–H groups in total. The predicted octanol–water partition coefficient (Wildman–Crippen LogP) is 5.38. The molecule has 1 nitrogen and oxygen atoms in total. The molecule has 0 heterocycles. The fraction of sp³-hybridized carbons (Fsp3) is 0.941. The molecule has 1 aliphatic carbocycles. The summed E-state index contributed by atoms with van der Waals surface area (Å²) in [5.74, 6) is 2.09. The zero-order chi connectivity index (χ0) is 13.6. The van der Waals surface area contributed by atoms with E-state index in [0.717, 1.165) is 12.3 Å². The Morgan fingerprint density at radius 2 is 1.56 bits per heavy atom. The Hall–Kier alpha value is -0.330. The van der Waals surface area contributed by atoms with Crippen LogP contribution in [0.3, 0.4) is 0 Å². The van der Waals surface area contributed by atoms with E-state index in [-0.39, 0.29) is 5.41 Å². The van der Waals surface area contributed by atoms with Crippen molar-refractivity contribution in [1.82, 2.24) is 0 Å².